The second kappa shape index (κ2) is 4.63. The van der Waals surface area contributed by atoms with Gasteiger partial charge in [0.25, 0.3) is 0 Å². The van der Waals surface area contributed by atoms with Gasteiger partial charge in [-0.25, -0.2) is 9.97 Å². The van der Waals surface area contributed by atoms with Gasteiger partial charge in [0.15, 0.2) is 0 Å². The maximum atomic E-state index is 4.62. The second-order valence-corrected chi connectivity index (χ2v) is 5.81. The van der Waals surface area contributed by atoms with E-state index in [9.17, 15) is 0 Å². The van der Waals surface area contributed by atoms with Crippen LogP contribution >= 0.6 is 0 Å². The van der Waals surface area contributed by atoms with E-state index in [2.05, 4.69) is 42.1 Å². The normalized spacial score (nSPS) is 18.6. The lowest BCUT2D eigenvalue weighted by molar-refractivity contribution is 0.527. The topological polar surface area (TPSA) is 37.8 Å². The molecule has 1 aliphatic rings. The van der Waals surface area contributed by atoms with Gasteiger partial charge in [-0.05, 0) is 38.7 Å². The van der Waals surface area contributed by atoms with E-state index in [1.54, 1.807) is 0 Å². The number of nitrogens with zero attached hydrogens (tertiary/aromatic N) is 2. The Balaban J connectivity index is 2.20. The molecule has 1 fully saturated rings. The van der Waals surface area contributed by atoms with Crippen molar-refractivity contribution in [1.82, 2.24) is 9.97 Å². The highest BCUT2D eigenvalue weighted by Gasteiger charge is 2.29. The molecule has 0 aliphatic heterocycles. The molecule has 0 amide bonds. The summed E-state index contributed by atoms with van der Waals surface area (Å²) in [5.41, 5.74) is 2.37. The summed E-state index contributed by atoms with van der Waals surface area (Å²) in [5.74, 6) is 1.26. The summed E-state index contributed by atoms with van der Waals surface area (Å²) < 4.78 is 0. The van der Waals surface area contributed by atoms with Gasteiger partial charge < -0.3 is 5.32 Å². The first-order chi connectivity index (χ1) is 7.98. The fourth-order valence-corrected chi connectivity index (χ4v) is 2.49. The van der Waals surface area contributed by atoms with E-state index in [1.807, 2.05) is 6.92 Å². The number of nitrogens with one attached hydrogen (secondary N) is 1. The molecular weight excluding hydrogens is 210 g/mol. The van der Waals surface area contributed by atoms with E-state index in [4.69, 9.17) is 0 Å². The van der Waals surface area contributed by atoms with Crippen LogP contribution in [0.25, 0.3) is 0 Å². The summed E-state index contributed by atoms with van der Waals surface area (Å²) in [6.07, 6.45) is 5.07. The SMILES string of the molecule is Cc1cc(C(C)C)nc(NC2(C)CCCC2)n1. The standard InChI is InChI=1S/C14H23N3/c1-10(2)12-9-11(3)15-13(16-12)17-14(4)7-5-6-8-14/h9-10H,5-8H2,1-4H3,(H,15,16,17). The predicted octanol–water partition coefficient (Wildman–Crippen LogP) is 3.65. The van der Waals surface area contributed by atoms with Crippen LogP contribution in [-0.2, 0) is 0 Å². The smallest absolute Gasteiger partial charge is 0.223 e. The molecule has 0 bridgehead atoms. The van der Waals surface area contributed by atoms with Gasteiger partial charge in [0.1, 0.15) is 0 Å². The molecular formula is C14H23N3. The zero-order chi connectivity index (χ0) is 12.5. The third kappa shape index (κ3) is 2.96. The molecule has 0 saturated heterocycles. The molecule has 3 nitrogen and oxygen atoms in total. The van der Waals surface area contributed by atoms with E-state index in [-0.39, 0.29) is 5.54 Å². The minimum atomic E-state index is 0.196. The average Bonchev–Trinajstić information content (AvgIpc) is 2.63. The lowest BCUT2D eigenvalue weighted by Crippen LogP contribution is -2.32. The molecule has 1 aromatic rings. The number of aryl methyl sites for hydroxylation is 1. The lowest BCUT2D eigenvalue weighted by atomic mass is 10.0. The van der Waals surface area contributed by atoms with Gasteiger partial charge in [0.2, 0.25) is 5.95 Å². The molecule has 1 saturated carbocycles. The average molecular weight is 233 g/mol. The van der Waals surface area contributed by atoms with Crippen LogP contribution < -0.4 is 5.32 Å². The first-order valence-corrected chi connectivity index (χ1v) is 6.62. The first-order valence-electron chi connectivity index (χ1n) is 6.62. The third-order valence-electron chi connectivity index (χ3n) is 3.59. The lowest BCUT2D eigenvalue weighted by Gasteiger charge is -2.25. The van der Waals surface area contributed by atoms with Crippen LogP contribution in [0.15, 0.2) is 6.07 Å². The molecule has 1 aromatic heterocycles. The van der Waals surface area contributed by atoms with Gasteiger partial charge in [-0.1, -0.05) is 26.7 Å². The van der Waals surface area contributed by atoms with Crippen molar-refractivity contribution in [2.75, 3.05) is 5.32 Å². The van der Waals surface area contributed by atoms with Crippen molar-refractivity contribution in [3.8, 4) is 0 Å². The fraction of sp³-hybridized carbons (Fsp3) is 0.714. The van der Waals surface area contributed by atoms with Crippen molar-refractivity contribution >= 4 is 5.95 Å². The molecule has 0 spiro atoms. The molecule has 0 unspecified atom stereocenters. The predicted molar refractivity (Wildman–Crippen MR) is 71.4 cm³/mol. The Hall–Kier alpha value is -1.12. The van der Waals surface area contributed by atoms with E-state index >= 15 is 0 Å². The van der Waals surface area contributed by atoms with Crippen molar-refractivity contribution < 1.29 is 0 Å². The molecule has 0 radical (unpaired) electrons. The van der Waals surface area contributed by atoms with Gasteiger partial charge in [-0.15, -0.1) is 0 Å². The molecule has 1 heterocycles. The molecule has 1 N–H and O–H groups in total. The minimum absolute atomic E-state index is 0.196. The number of rotatable bonds is 3. The Labute approximate surface area is 104 Å². The summed E-state index contributed by atoms with van der Waals surface area (Å²) in [5, 5.41) is 3.53. The van der Waals surface area contributed by atoms with Crippen LogP contribution in [-0.4, -0.2) is 15.5 Å². The third-order valence-corrected chi connectivity index (χ3v) is 3.59. The van der Waals surface area contributed by atoms with Crippen molar-refractivity contribution in [3.05, 3.63) is 17.5 Å². The van der Waals surface area contributed by atoms with E-state index in [1.165, 1.54) is 25.7 Å². The molecule has 17 heavy (non-hydrogen) atoms. The van der Waals surface area contributed by atoms with Crippen LogP contribution in [0.1, 0.15) is 63.8 Å². The Morgan fingerprint density at radius 3 is 2.47 bits per heavy atom. The number of hydrogen-bond acceptors (Lipinski definition) is 3. The quantitative estimate of drug-likeness (QED) is 0.866. The van der Waals surface area contributed by atoms with Crippen LogP contribution in [0, 0.1) is 6.92 Å². The van der Waals surface area contributed by atoms with Crippen LogP contribution in [0.4, 0.5) is 5.95 Å². The highest BCUT2D eigenvalue weighted by molar-refractivity contribution is 5.33. The van der Waals surface area contributed by atoms with Crippen LogP contribution in [0.2, 0.25) is 0 Å². The summed E-state index contributed by atoms with van der Waals surface area (Å²) in [4.78, 5) is 9.12. The number of aromatic nitrogens is 2. The van der Waals surface area contributed by atoms with E-state index < -0.39 is 0 Å². The van der Waals surface area contributed by atoms with Crippen LogP contribution in [0.5, 0.6) is 0 Å². The maximum absolute atomic E-state index is 4.62. The molecule has 2 rings (SSSR count). The van der Waals surface area contributed by atoms with Crippen molar-refractivity contribution in [2.24, 2.45) is 0 Å². The highest BCUT2D eigenvalue weighted by Crippen LogP contribution is 2.31. The van der Waals surface area contributed by atoms with Crippen molar-refractivity contribution in [1.29, 1.82) is 0 Å². The van der Waals surface area contributed by atoms with Crippen LogP contribution in [0.3, 0.4) is 0 Å². The van der Waals surface area contributed by atoms with Crippen molar-refractivity contribution in [3.63, 3.8) is 0 Å². The Morgan fingerprint density at radius 1 is 1.24 bits per heavy atom. The summed E-state index contributed by atoms with van der Waals surface area (Å²) in [6, 6.07) is 2.08. The summed E-state index contributed by atoms with van der Waals surface area (Å²) >= 11 is 0. The zero-order valence-corrected chi connectivity index (χ0v) is 11.4. The largest absolute Gasteiger partial charge is 0.349 e. The van der Waals surface area contributed by atoms with Gasteiger partial charge >= 0.3 is 0 Å². The molecule has 0 atom stereocenters. The van der Waals surface area contributed by atoms with E-state index in [0.717, 1.165) is 17.3 Å². The highest BCUT2D eigenvalue weighted by atomic mass is 15.1. The summed E-state index contributed by atoms with van der Waals surface area (Å²) in [6.45, 7) is 8.65. The number of hydrogen-bond donors (Lipinski definition) is 1. The van der Waals surface area contributed by atoms with Gasteiger partial charge in [-0.2, -0.15) is 0 Å². The molecule has 1 aliphatic carbocycles. The van der Waals surface area contributed by atoms with Gasteiger partial charge in [0, 0.05) is 16.9 Å². The molecule has 3 heteroatoms. The Morgan fingerprint density at radius 2 is 1.88 bits per heavy atom. The minimum Gasteiger partial charge on any atom is -0.349 e. The van der Waals surface area contributed by atoms with E-state index in [0.29, 0.717) is 5.92 Å². The maximum Gasteiger partial charge on any atom is 0.223 e. The Kier molecular flexibility index (Phi) is 3.36. The summed E-state index contributed by atoms with van der Waals surface area (Å²) in [7, 11) is 0. The van der Waals surface area contributed by atoms with Crippen molar-refractivity contribution in [2.45, 2.75) is 64.8 Å². The molecule has 94 valence electrons. The monoisotopic (exact) mass is 233 g/mol. The first kappa shape index (κ1) is 12.3. The fourth-order valence-electron chi connectivity index (χ4n) is 2.49. The van der Waals surface area contributed by atoms with Gasteiger partial charge in [-0.3, -0.25) is 0 Å². The van der Waals surface area contributed by atoms with Gasteiger partial charge in [0.05, 0.1) is 0 Å². The Bertz CT molecular complexity index is 392. The second-order valence-electron chi connectivity index (χ2n) is 5.81. The zero-order valence-electron chi connectivity index (χ0n) is 11.4. The number of anilines is 1. The molecule has 0 aromatic carbocycles.